The summed E-state index contributed by atoms with van der Waals surface area (Å²) in [6, 6.07) is 10.9. The molecule has 0 bridgehead atoms. The molecule has 2 amide bonds. The SMILES string of the molecule is COc1ccc(OCCN(C)C(=O)NCC(c2ccco2)N(C)C)cc1. The molecule has 0 radical (unpaired) electrons. The van der Waals surface area contributed by atoms with Crippen LogP contribution in [0, 0.1) is 0 Å². The van der Waals surface area contributed by atoms with Crippen LogP contribution in [0.1, 0.15) is 11.8 Å². The predicted molar refractivity (Wildman–Crippen MR) is 99.7 cm³/mol. The van der Waals surface area contributed by atoms with Crippen molar-refractivity contribution in [1.82, 2.24) is 15.1 Å². The van der Waals surface area contributed by atoms with E-state index in [1.807, 2.05) is 55.4 Å². The zero-order chi connectivity index (χ0) is 18.9. The highest BCUT2D eigenvalue weighted by Gasteiger charge is 2.18. The summed E-state index contributed by atoms with van der Waals surface area (Å²) in [4.78, 5) is 15.9. The number of furan rings is 1. The van der Waals surface area contributed by atoms with E-state index in [9.17, 15) is 4.79 Å². The fourth-order valence-corrected chi connectivity index (χ4v) is 2.41. The van der Waals surface area contributed by atoms with Crippen molar-refractivity contribution in [3.63, 3.8) is 0 Å². The number of carbonyl (C=O) groups excluding carboxylic acids is 1. The van der Waals surface area contributed by atoms with E-state index >= 15 is 0 Å². The Hall–Kier alpha value is -2.67. The smallest absolute Gasteiger partial charge is 0.317 e. The Bertz CT molecular complexity index is 656. The van der Waals surface area contributed by atoms with Crippen LogP contribution in [0.2, 0.25) is 0 Å². The second-order valence-electron chi connectivity index (χ2n) is 6.13. The summed E-state index contributed by atoms with van der Waals surface area (Å²) in [5, 5.41) is 2.93. The highest BCUT2D eigenvalue weighted by Crippen LogP contribution is 2.18. The molecule has 0 aliphatic carbocycles. The van der Waals surface area contributed by atoms with Gasteiger partial charge in [-0.25, -0.2) is 4.79 Å². The summed E-state index contributed by atoms with van der Waals surface area (Å²) >= 11 is 0. The lowest BCUT2D eigenvalue weighted by Gasteiger charge is -2.24. The van der Waals surface area contributed by atoms with E-state index in [0.29, 0.717) is 19.7 Å². The van der Waals surface area contributed by atoms with Crippen molar-refractivity contribution in [3.8, 4) is 11.5 Å². The summed E-state index contributed by atoms with van der Waals surface area (Å²) in [7, 11) is 7.26. The minimum atomic E-state index is -0.151. The summed E-state index contributed by atoms with van der Waals surface area (Å²) in [6.07, 6.45) is 1.64. The third kappa shape index (κ3) is 5.70. The number of amides is 2. The van der Waals surface area contributed by atoms with Gasteiger partial charge in [0.2, 0.25) is 0 Å². The number of urea groups is 1. The first kappa shape index (κ1) is 19.7. The predicted octanol–water partition coefficient (Wildman–Crippen LogP) is 2.61. The first-order chi connectivity index (χ1) is 12.5. The second-order valence-corrected chi connectivity index (χ2v) is 6.13. The molecule has 1 unspecified atom stereocenters. The molecule has 0 fully saturated rings. The Labute approximate surface area is 154 Å². The van der Waals surface area contributed by atoms with Gasteiger partial charge in [0.15, 0.2) is 0 Å². The van der Waals surface area contributed by atoms with Crippen molar-refractivity contribution >= 4 is 6.03 Å². The Morgan fingerprint density at radius 1 is 1.15 bits per heavy atom. The fourth-order valence-electron chi connectivity index (χ4n) is 2.41. The average Bonchev–Trinajstić information content (AvgIpc) is 3.16. The zero-order valence-electron chi connectivity index (χ0n) is 15.8. The van der Waals surface area contributed by atoms with Crippen LogP contribution in [0.15, 0.2) is 47.1 Å². The second kappa shape index (κ2) is 9.72. The summed E-state index contributed by atoms with van der Waals surface area (Å²) in [6.45, 7) is 1.35. The fraction of sp³-hybridized carbons (Fsp3) is 0.421. The molecule has 1 N–H and O–H groups in total. The van der Waals surface area contributed by atoms with E-state index in [4.69, 9.17) is 13.9 Å². The maximum absolute atomic E-state index is 12.3. The average molecular weight is 361 g/mol. The number of ether oxygens (including phenoxy) is 2. The Kier molecular flexibility index (Phi) is 7.35. The quantitative estimate of drug-likeness (QED) is 0.744. The zero-order valence-corrected chi connectivity index (χ0v) is 15.8. The normalized spacial score (nSPS) is 11.9. The third-order valence-corrected chi connectivity index (χ3v) is 4.04. The number of carbonyl (C=O) groups is 1. The molecule has 0 saturated heterocycles. The summed E-state index contributed by atoms with van der Waals surface area (Å²) in [5.74, 6) is 2.34. The van der Waals surface area contributed by atoms with Gasteiger partial charge in [0.25, 0.3) is 0 Å². The van der Waals surface area contributed by atoms with Gasteiger partial charge in [0, 0.05) is 13.6 Å². The van der Waals surface area contributed by atoms with Gasteiger partial charge >= 0.3 is 6.03 Å². The molecule has 7 nitrogen and oxygen atoms in total. The Morgan fingerprint density at radius 2 is 1.85 bits per heavy atom. The number of rotatable bonds is 9. The minimum Gasteiger partial charge on any atom is -0.497 e. The minimum absolute atomic E-state index is 0.0158. The van der Waals surface area contributed by atoms with Crippen LogP contribution in [0.25, 0.3) is 0 Å². The van der Waals surface area contributed by atoms with E-state index < -0.39 is 0 Å². The van der Waals surface area contributed by atoms with E-state index in [0.717, 1.165) is 17.3 Å². The van der Waals surface area contributed by atoms with Crippen molar-refractivity contribution in [1.29, 1.82) is 0 Å². The molecule has 1 aromatic heterocycles. The van der Waals surface area contributed by atoms with Crippen molar-refractivity contribution in [2.24, 2.45) is 0 Å². The summed E-state index contributed by atoms with van der Waals surface area (Å²) in [5.41, 5.74) is 0. The van der Waals surface area contributed by atoms with Crippen LogP contribution >= 0.6 is 0 Å². The molecule has 26 heavy (non-hydrogen) atoms. The molecule has 0 spiro atoms. The molecule has 2 rings (SSSR count). The van der Waals surface area contributed by atoms with E-state index in [2.05, 4.69) is 5.32 Å². The Morgan fingerprint density at radius 3 is 2.42 bits per heavy atom. The van der Waals surface area contributed by atoms with Crippen molar-refractivity contribution in [3.05, 3.63) is 48.4 Å². The number of methoxy groups -OCH3 is 1. The monoisotopic (exact) mass is 361 g/mol. The van der Waals surface area contributed by atoms with Gasteiger partial charge in [-0.1, -0.05) is 0 Å². The largest absolute Gasteiger partial charge is 0.497 e. The molecular weight excluding hydrogens is 334 g/mol. The van der Waals surface area contributed by atoms with Gasteiger partial charge in [-0.3, -0.25) is 4.90 Å². The van der Waals surface area contributed by atoms with Crippen LogP contribution in [-0.2, 0) is 0 Å². The summed E-state index contributed by atoms with van der Waals surface area (Å²) < 4.78 is 16.2. The van der Waals surface area contributed by atoms with Crippen LogP contribution < -0.4 is 14.8 Å². The highest BCUT2D eigenvalue weighted by molar-refractivity contribution is 5.73. The molecular formula is C19H27N3O4. The molecule has 0 saturated carbocycles. The molecule has 1 aromatic carbocycles. The number of likely N-dealkylation sites (N-methyl/N-ethyl adjacent to an activating group) is 2. The molecule has 0 aliphatic heterocycles. The van der Waals surface area contributed by atoms with Gasteiger partial charge in [-0.05, 0) is 50.5 Å². The van der Waals surface area contributed by atoms with Crippen LogP contribution in [-0.4, -0.2) is 63.8 Å². The van der Waals surface area contributed by atoms with Gasteiger partial charge < -0.3 is 24.1 Å². The topological polar surface area (TPSA) is 67.2 Å². The van der Waals surface area contributed by atoms with E-state index in [1.54, 1.807) is 25.3 Å². The van der Waals surface area contributed by atoms with Crippen molar-refractivity contribution in [2.75, 3.05) is 47.9 Å². The Balaban J connectivity index is 1.74. The van der Waals surface area contributed by atoms with Crippen molar-refractivity contribution < 1.29 is 18.7 Å². The van der Waals surface area contributed by atoms with Crippen molar-refractivity contribution in [2.45, 2.75) is 6.04 Å². The number of nitrogens with one attached hydrogen (secondary N) is 1. The molecule has 1 heterocycles. The number of nitrogens with zero attached hydrogens (tertiary/aromatic N) is 2. The standard InChI is InChI=1S/C19H27N3O4/c1-21(2)17(18-6-5-12-26-18)14-20-19(23)22(3)11-13-25-16-9-7-15(24-4)8-10-16/h5-10,12,17H,11,13-14H2,1-4H3,(H,20,23). The van der Waals surface area contributed by atoms with Crippen LogP contribution in [0.4, 0.5) is 4.79 Å². The van der Waals surface area contributed by atoms with Gasteiger partial charge in [-0.2, -0.15) is 0 Å². The lowest BCUT2D eigenvalue weighted by Crippen LogP contribution is -2.42. The highest BCUT2D eigenvalue weighted by atomic mass is 16.5. The lowest BCUT2D eigenvalue weighted by molar-refractivity contribution is 0.188. The maximum Gasteiger partial charge on any atom is 0.317 e. The van der Waals surface area contributed by atoms with Gasteiger partial charge in [0.1, 0.15) is 23.9 Å². The molecule has 2 aromatic rings. The first-order valence-electron chi connectivity index (χ1n) is 8.47. The van der Waals surface area contributed by atoms with Crippen LogP contribution in [0.3, 0.4) is 0 Å². The number of benzene rings is 1. The lowest BCUT2D eigenvalue weighted by atomic mass is 10.2. The third-order valence-electron chi connectivity index (χ3n) is 4.04. The molecule has 7 heteroatoms. The number of hydrogen-bond donors (Lipinski definition) is 1. The van der Waals surface area contributed by atoms with Gasteiger partial charge in [0.05, 0.1) is 26.0 Å². The van der Waals surface area contributed by atoms with Crippen LogP contribution in [0.5, 0.6) is 11.5 Å². The maximum atomic E-state index is 12.3. The molecule has 1 atom stereocenters. The molecule has 142 valence electrons. The van der Waals surface area contributed by atoms with E-state index in [-0.39, 0.29) is 12.1 Å². The van der Waals surface area contributed by atoms with Gasteiger partial charge in [-0.15, -0.1) is 0 Å². The molecule has 0 aliphatic rings. The number of hydrogen-bond acceptors (Lipinski definition) is 5. The van der Waals surface area contributed by atoms with E-state index in [1.165, 1.54) is 0 Å². The first-order valence-corrected chi connectivity index (χ1v) is 8.47.